The lowest BCUT2D eigenvalue weighted by Crippen LogP contribution is -2.53. The summed E-state index contributed by atoms with van der Waals surface area (Å²) >= 11 is 0. The highest BCUT2D eigenvalue weighted by Crippen LogP contribution is 2.32. The number of anilines is 1. The Morgan fingerprint density at radius 3 is 2.69 bits per heavy atom. The van der Waals surface area contributed by atoms with E-state index in [0.29, 0.717) is 29.8 Å². The number of hydrogen-bond acceptors (Lipinski definition) is 5. The van der Waals surface area contributed by atoms with Crippen molar-refractivity contribution in [2.75, 3.05) is 26.0 Å². The maximum absolute atomic E-state index is 13.3. The summed E-state index contributed by atoms with van der Waals surface area (Å²) < 4.78 is 12.1. The molecule has 2 heterocycles. The third kappa shape index (κ3) is 4.98. The van der Waals surface area contributed by atoms with Gasteiger partial charge in [0.15, 0.2) is 0 Å². The number of carbonyl (C=O) groups is 3. The van der Waals surface area contributed by atoms with E-state index >= 15 is 0 Å². The fourth-order valence-corrected chi connectivity index (χ4v) is 4.84. The first kappa shape index (κ1) is 22.4. The lowest BCUT2D eigenvalue weighted by Gasteiger charge is -2.42. The van der Waals surface area contributed by atoms with Gasteiger partial charge in [0.1, 0.15) is 18.5 Å². The van der Waals surface area contributed by atoms with Crippen molar-refractivity contribution in [3.63, 3.8) is 0 Å². The monoisotopic (exact) mass is 444 g/mol. The average Bonchev–Trinajstić information content (AvgIpc) is 3.29. The first-order valence-electron chi connectivity index (χ1n) is 11.4. The topological polar surface area (TPSA) is 109 Å². The minimum Gasteiger partial charge on any atom is -0.490 e. The van der Waals surface area contributed by atoms with E-state index in [-0.39, 0.29) is 48.7 Å². The second-order valence-corrected chi connectivity index (χ2v) is 8.84. The van der Waals surface area contributed by atoms with Crippen LogP contribution in [0.1, 0.15) is 55.3 Å². The molecule has 0 radical (unpaired) electrons. The van der Waals surface area contributed by atoms with Crippen molar-refractivity contribution < 1.29 is 23.9 Å². The molecule has 4 rings (SSSR count). The molecule has 0 spiro atoms. The van der Waals surface area contributed by atoms with E-state index in [9.17, 15) is 14.4 Å². The van der Waals surface area contributed by atoms with E-state index in [1.807, 2.05) is 0 Å². The van der Waals surface area contributed by atoms with E-state index in [0.717, 1.165) is 32.1 Å². The number of fused-ring (bicyclic) bond motifs is 2. The molecule has 3 N–H and O–H groups in total. The maximum Gasteiger partial charge on any atom is 0.319 e. The third-order valence-electron chi connectivity index (χ3n) is 6.65. The van der Waals surface area contributed by atoms with Gasteiger partial charge in [0.2, 0.25) is 5.91 Å². The highest BCUT2D eigenvalue weighted by Gasteiger charge is 2.39. The van der Waals surface area contributed by atoms with Crippen LogP contribution in [0, 0.1) is 0 Å². The van der Waals surface area contributed by atoms with Crippen molar-refractivity contribution in [2.24, 2.45) is 0 Å². The number of likely N-dealkylation sites (N-methyl/N-ethyl adjacent to an activating group) is 1. The van der Waals surface area contributed by atoms with E-state index < -0.39 is 0 Å². The van der Waals surface area contributed by atoms with Crippen LogP contribution in [0.3, 0.4) is 0 Å². The summed E-state index contributed by atoms with van der Waals surface area (Å²) in [5.41, 5.74) is 0.962. The largest absolute Gasteiger partial charge is 0.490 e. The molecule has 0 unspecified atom stereocenters. The standard InChI is InChI=1S/C23H32N4O5/c1-24-21(28)12-16-8-9-18-20(32-16)13-31-19-10-7-15(11-17(19)22(29)27(18)2)26-23(30)25-14-5-3-4-6-14/h7,10-11,14,16,18,20H,3-6,8-9,12-13H2,1-2H3,(H,24,28)(H2,25,26,30)/t16-,18-,20+/m0/s1. The molecule has 1 saturated carbocycles. The van der Waals surface area contributed by atoms with Crippen LogP contribution in [0.4, 0.5) is 10.5 Å². The van der Waals surface area contributed by atoms with E-state index in [4.69, 9.17) is 9.47 Å². The molecule has 2 aliphatic heterocycles. The van der Waals surface area contributed by atoms with Crippen LogP contribution < -0.4 is 20.7 Å². The summed E-state index contributed by atoms with van der Waals surface area (Å²) in [5.74, 6) is 0.217. The maximum atomic E-state index is 13.3. The summed E-state index contributed by atoms with van der Waals surface area (Å²) in [6.45, 7) is 0.286. The molecular formula is C23H32N4O5. The van der Waals surface area contributed by atoms with Crippen molar-refractivity contribution in [1.29, 1.82) is 0 Å². The lowest BCUT2D eigenvalue weighted by atomic mass is 9.94. The van der Waals surface area contributed by atoms with E-state index in [1.165, 1.54) is 0 Å². The van der Waals surface area contributed by atoms with E-state index in [2.05, 4.69) is 16.0 Å². The molecule has 174 valence electrons. The van der Waals surface area contributed by atoms with Gasteiger partial charge in [0.05, 0.1) is 24.1 Å². The number of ether oxygens (including phenoxy) is 2. The summed E-state index contributed by atoms with van der Waals surface area (Å²) in [6.07, 6.45) is 5.51. The Morgan fingerprint density at radius 1 is 1.16 bits per heavy atom. The van der Waals surface area contributed by atoms with Crippen molar-refractivity contribution in [3.8, 4) is 5.75 Å². The fraction of sp³-hybridized carbons (Fsp3) is 0.609. The Labute approximate surface area is 188 Å². The fourth-order valence-electron chi connectivity index (χ4n) is 4.84. The normalized spacial score (nSPS) is 25.6. The molecule has 4 amide bonds. The Bertz CT molecular complexity index is 870. The zero-order valence-corrected chi connectivity index (χ0v) is 18.7. The molecule has 0 aromatic heterocycles. The van der Waals surface area contributed by atoms with Gasteiger partial charge in [-0.05, 0) is 43.9 Å². The van der Waals surface area contributed by atoms with Crippen molar-refractivity contribution in [3.05, 3.63) is 23.8 Å². The minimum absolute atomic E-state index is 0.0630. The van der Waals surface area contributed by atoms with Crippen molar-refractivity contribution >= 4 is 23.5 Å². The predicted octanol–water partition coefficient (Wildman–Crippen LogP) is 2.27. The first-order chi connectivity index (χ1) is 15.4. The molecule has 3 aliphatic rings. The Hall–Kier alpha value is -2.81. The Kier molecular flexibility index (Phi) is 6.83. The number of hydrogen-bond donors (Lipinski definition) is 3. The second kappa shape index (κ2) is 9.77. The summed E-state index contributed by atoms with van der Waals surface area (Å²) in [7, 11) is 3.38. The van der Waals surface area contributed by atoms with Crippen LogP contribution >= 0.6 is 0 Å². The zero-order valence-electron chi connectivity index (χ0n) is 18.7. The zero-order chi connectivity index (χ0) is 22.7. The number of urea groups is 1. The van der Waals surface area contributed by atoms with Gasteiger partial charge < -0.3 is 30.3 Å². The molecular weight excluding hydrogens is 412 g/mol. The number of benzene rings is 1. The number of rotatable bonds is 4. The Morgan fingerprint density at radius 2 is 1.94 bits per heavy atom. The number of nitrogens with zero attached hydrogens (tertiary/aromatic N) is 1. The Balaban J connectivity index is 1.45. The predicted molar refractivity (Wildman–Crippen MR) is 119 cm³/mol. The lowest BCUT2D eigenvalue weighted by molar-refractivity contribution is -0.133. The summed E-state index contributed by atoms with van der Waals surface area (Å²) in [4.78, 5) is 39.0. The highest BCUT2D eigenvalue weighted by atomic mass is 16.5. The number of carbonyl (C=O) groups excluding carboxylic acids is 3. The molecule has 9 nitrogen and oxygen atoms in total. The van der Waals surface area contributed by atoms with Crippen LogP contribution in [0.2, 0.25) is 0 Å². The molecule has 1 aromatic rings. The number of amides is 4. The third-order valence-corrected chi connectivity index (χ3v) is 6.65. The molecule has 0 bridgehead atoms. The molecule has 32 heavy (non-hydrogen) atoms. The van der Waals surface area contributed by atoms with Crippen LogP contribution in [0.15, 0.2) is 18.2 Å². The SMILES string of the molecule is CNC(=O)C[C@@H]1CC[C@H]2[C@@H](COc3ccc(NC(=O)NC4CCCC4)cc3C(=O)N2C)O1. The van der Waals surface area contributed by atoms with Crippen LogP contribution in [-0.2, 0) is 9.53 Å². The highest BCUT2D eigenvalue weighted by molar-refractivity contribution is 5.99. The van der Waals surface area contributed by atoms with Gasteiger partial charge in [0, 0.05) is 25.8 Å². The average molecular weight is 445 g/mol. The number of nitrogens with one attached hydrogen (secondary N) is 3. The molecule has 1 saturated heterocycles. The molecule has 2 fully saturated rings. The molecule has 9 heteroatoms. The summed E-state index contributed by atoms with van der Waals surface area (Å²) in [5, 5.41) is 8.45. The van der Waals surface area contributed by atoms with Gasteiger partial charge in [-0.2, -0.15) is 0 Å². The van der Waals surface area contributed by atoms with Gasteiger partial charge in [-0.1, -0.05) is 12.8 Å². The van der Waals surface area contributed by atoms with Gasteiger partial charge in [-0.15, -0.1) is 0 Å². The smallest absolute Gasteiger partial charge is 0.319 e. The summed E-state index contributed by atoms with van der Waals surface area (Å²) in [6, 6.07) is 4.92. The van der Waals surface area contributed by atoms with Crippen molar-refractivity contribution in [1.82, 2.24) is 15.5 Å². The minimum atomic E-state index is -0.310. The van der Waals surface area contributed by atoms with Gasteiger partial charge in [-0.3, -0.25) is 9.59 Å². The first-order valence-corrected chi connectivity index (χ1v) is 11.4. The second-order valence-electron chi connectivity index (χ2n) is 8.84. The quantitative estimate of drug-likeness (QED) is 0.660. The van der Waals surface area contributed by atoms with Gasteiger partial charge in [-0.25, -0.2) is 4.79 Å². The van der Waals surface area contributed by atoms with Gasteiger partial charge >= 0.3 is 6.03 Å². The van der Waals surface area contributed by atoms with Gasteiger partial charge in [0.25, 0.3) is 5.91 Å². The van der Waals surface area contributed by atoms with Crippen molar-refractivity contribution in [2.45, 2.75) is 69.2 Å². The van der Waals surface area contributed by atoms with E-state index in [1.54, 1.807) is 37.2 Å². The molecule has 1 aliphatic carbocycles. The molecule has 1 aromatic carbocycles. The van der Waals surface area contributed by atoms with Crippen LogP contribution in [-0.4, -0.2) is 67.7 Å². The molecule has 3 atom stereocenters. The van der Waals surface area contributed by atoms with Crippen LogP contribution in [0.5, 0.6) is 5.75 Å². The van der Waals surface area contributed by atoms with Crippen LogP contribution in [0.25, 0.3) is 0 Å².